The van der Waals surface area contributed by atoms with Crippen molar-refractivity contribution < 1.29 is 34.4 Å². The average molecular weight is 406 g/mol. The molecule has 0 aromatic carbocycles. The number of ketones is 1. The number of rotatable bonds is 1. The van der Waals surface area contributed by atoms with E-state index in [0.717, 1.165) is 12.8 Å². The van der Waals surface area contributed by atoms with Crippen LogP contribution in [-0.2, 0) is 19.1 Å². The summed E-state index contributed by atoms with van der Waals surface area (Å²) in [5.41, 5.74) is -2.62. The number of fused-ring (bicyclic) bond motifs is 1. The van der Waals surface area contributed by atoms with Gasteiger partial charge in [-0.1, -0.05) is 19.9 Å². The molecule has 7 heteroatoms. The fourth-order valence-electron chi connectivity index (χ4n) is 8.28. The molecule has 0 aromatic rings. The molecule has 1 heterocycles. The van der Waals surface area contributed by atoms with E-state index in [1.165, 1.54) is 6.92 Å². The van der Waals surface area contributed by atoms with Crippen LogP contribution >= 0.6 is 0 Å². The maximum atomic E-state index is 13.6. The first-order valence-electron chi connectivity index (χ1n) is 10.7. The molecule has 7 nitrogen and oxygen atoms in total. The predicted octanol–water partition coefficient (Wildman–Crippen LogP) is 0.946. The third-order valence-electron chi connectivity index (χ3n) is 9.42. The Morgan fingerprint density at radius 3 is 2.72 bits per heavy atom. The van der Waals surface area contributed by atoms with Crippen LogP contribution in [0.25, 0.3) is 0 Å². The molecule has 3 N–H and O–H groups in total. The van der Waals surface area contributed by atoms with Crippen LogP contribution in [0.15, 0.2) is 12.2 Å². The lowest BCUT2D eigenvalue weighted by Crippen LogP contribution is -2.77. The topological polar surface area (TPSA) is 113 Å². The SMILES string of the molecule is C=C1C(=O)C23C(O)CC4(C)C5CCCC4(C(O)OC5)C2C(OC(C)=O)CC1C3O. The summed E-state index contributed by atoms with van der Waals surface area (Å²) < 4.78 is 11.6. The van der Waals surface area contributed by atoms with Crippen LogP contribution in [0, 0.1) is 34.0 Å². The van der Waals surface area contributed by atoms with Gasteiger partial charge in [-0.2, -0.15) is 0 Å². The maximum absolute atomic E-state index is 13.6. The highest BCUT2D eigenvalue weighted by molar-refractivity contribution is 6.04. The number of carbonyl (C=O) groups excluding carboxylic acids is 2. The van der Waals surface area contributed by atoms with Gasteiger partial charge in [-0.3, -0.25) is 9.59 Å². The fourth-order valence-corrected chi connectivity index (χ4v) is 8.28. The second kappa shape index (κ2) is 5.90. The summed E-state index contributed by atoms with van der Waals surface area (Å²) in [5, 5.41) is 34.0. The first kappa shape index (κ1) is 19.7. The number of Topliss-reactive ketones (excluding diaryl/α,β-unsaturated/α-hetero) is 1. The normalized spacial score (nSPS) is 55.8. The highest BCUT2D eigenvalue weighted by atomic mass is 16.6. The van der Waals surface area contributed by atoms with Gasteiger partial charge in [0, 0.05) is 24.2 Å². The van der Waals surface area contributed by atoms with Crippen molar-refractivity contribution in [3.05, 3.63) is 12.2 Å². The molecular formula is C22H30O7. The molecule has 0 aromatic heterocycles. The summed E-state index contributed by atoms with van der Waals surface area (Å²) in [5.74, 6) is -1.99. The van der Waals surface area contributed by atoms with E-state index in [0.29, 0.717) is 19.4 Å². The summed E-state index contributed by atoms with van der Waals surface area (Å²) >= 11 is 0. The van der Waals surface area contributed by atoms with Crippen LogP contribution in [0.5, 0.6) is 0 Å². The molecule has 1 aliphatic heterocycles. The molecular weight excluding hydrogens is 376 g/mol. The molecule has 5 rings (SSSR count). The van der Waals surface area contributed by atoms with Crippen LogP contribution in [0.1, 0.15) is 46.0 Å². The molecule has 4 bridgehead atoms. The highest BCUT2D eigenvalue weighted by Crippen LogP contribution is 2.75. The predicted molar refractivity (Wildman–Crippen MR) is 100 cm³/mol. The molecule has 10 atom stereocenters. The largest absolute Gasteiger partial charge is 0.462 e. The molecule has 10 unspecified atom stereocenters. The van der Waals surface area contributed by atoms with E-state index >= 15 is 0 Å². The minimum absolute atomic E-state index is 0.124. The van der Waals surface area contributed by atoms with E-state index in [4.69, 9.17) is 9.47 Å². The third-order valence-corrected chi connectivity index (χ3v) is 9.42. The Bertz CT molecular complexity index is 794. The van der Waals surface area contributed by atoms with Gasteiger partial charge in [0.25, 0.3) is 0 Å². The van der Waals surface area contributed by atoms with E-state index in [-0.39, 0.29) is 23.7 Å². The lowest BCUT2D eigenvalue weighted by atomic mass is 9.35. The lowest BCUT2D eigenvalue weighted by molar-refractivity contribution is -0.369. The van der Waals surface area contributed by atoms with Gasteiger partial charge in [-0.15, -0.1) is 0 Å². The van der Waals surface area contributed by atoms with Crippen molar-refractivity contribution >= 4 is 11.8 Å². The molecule has 1 saturated heterocycles. The van der Waals surface area contributed by atoms with Crippen LogP contribution in [0.2, 0.25) is 0 Å². The number of carbonyl (C=O) groups is 2. The van der Waals surface area contributed by atoms with Gasteiger partial charge >= 0.3 is 5.97 Å². The first-order valence-corrected chi connectivity index (χ1v) is 10.7. The summed E-state index contributed by atoms with van der Waals surface area (Å²) in [4.78, 5) is 25.5. The zero-order chi connectivity index (χ0) is 20.9. The Labute approximate surface area is 170 Å². The van der Waals surface area contributed by atoms with Crippen molar-refractivity contribution in [2.45, 2.75) is 70.6 Å². The van der Waals surface area contributed by atoms with E-state index in [9.17, 15) is 24.9 Å². The summed E-state index contributed by atoms with van der Waals surface area (Å²) in [6.45, 7) is 7.71. The molecule has 4 aliphatic carbocycles. The molecule has 5 aliphatic rings. The van der Waals surface area contributed by atoms with Gasteiger partial charge in [-0.05, 0) is 42.6 Å². The van der Waals surface area contributed by atoms with E-state index < -0.39 is 58.7 Å². The standard InChI is InChI=1S/C22H30O7/c1-10-13-7-14(29-11(2)23)16-21-6-4-5-12(9-28-19(21)27)20(21,3)8-15(24)22(16,17(10)25)18(13)26/h12-16,18-19,24,26-27H,1,4-9H2,2-3H3. The Hall–Kier alpha value is -1.28. The molecule has 160 valence electrons. The molecule has 4 saturated carbocycles. The Morgan fingerprint density at radius 1 is 1.31 bits per heavy atom. The van der Waals surface area contributed by atoms with Gasteiger partial charge in [0.15, 0.2) is 12.1 Å². The maximum Gasteiger partial charge on any atom is 0.302 e. The zero-order valence-electron chi connectivity index (χ0n) is 17.0. The van der Waals surface area contributed by atoms with Gasteiger partial charge in [0.05, 0.1) is 24.2 Å². The van der Waals surface area contributed by atoms with Crippen molar-refractivity contribution in [1.29, 1.82) is 0 Å². The van der Waals surface area contributed by atoms with E-state index in [1.807, 2.05) is 0 Å². The van der Waals surface area contributed by atoms with Crippen molar-refractivity contribution in [2.24, 2.45) is 34.0 Å². The second-order valence-corrected chi connectivity index (χ2v) is 10.2. The molecule has 0 radical (unpaired) electrons. The number of aliphatic hydroxyl groups excluding tert-OH is 3. The first-order chi connectivity index (χ1) is 13.6. The number of aliphatic hydroxyl groups is 3. The van der Waals surface area contributed by atoms with Crippen molar-refractivity contribution in [3.63, 3.8) is 0 Å². The Kier molecular flexibility index (Phi) is 4.00. The van der Waals surface area contributed by atoms with Gasteiger partial charge in [0.2, 0.25) is 0 Å². The smallest absolute Gasteiger partial charge is 0.302 e. The van der Waals surface area contributed by atoms with E-state index in [2.05, 4.69) is 13.5 Å². The molecule has 0 amide bonds. The minimum atomic E-state index is -1.52. The highest BCUT2D eigenvalue weighted by Gasteiger charge is 2.81. The van der Waals surface area contributed by atoms with Gasteiger partial charge < -0.3 is 24.8 Å². The van der Waals surface area contributed by atoms with E-state index in [1.54, 1.807) is 0 Å². The van der Waals surface area contributed by atoms with Crippen LogP contribution in [0.3, 0.4) is 0 Å². The average Bonchev–Trinajstić information content (AvgIpc) is 2.75. The molecule has 29 heavy (non-hydrogen) atoms. The number of hydrogen-bond acceptors (Lipinski definition) is 7. The third kappa shape index (κ3) is 1.98. The van der Waals surface area contributed by atoms with Crippen LogP contribution in [-0.4, -0.2) is 58.3 Å². The second-order valence-electron chi connectivity index (χ2n) is 10.2. The zero-order valence-corrected chi connectivity index (χ0v) is 17.0. The summed E-state index contributed by atoms with van der Waals surface area (Å²) in [7, 11) is 0. The van der Waals surface area contributed by atoms with Crippen molar-refractivity contribution in [3.8, 4) is 0 Å². The number of esters is 1. The van der Waals surface area contributed by atoms with Crippen molar-refractivity contribution in [1.82, 2.24) is 0 Å². The lowest BCUT2D eigenvalue weighted by Gasteiger charge is -2.72. The molecule has 1 spiro atoms. The van der Waals surface area contributed by atoms with Gasteiger partial charge in [0.1, 0.15) is 6.10 Å². The summed E-state index contributed by atoms with van der Waals surface area (Å²) in [6.07, 6.45) is -1.14. The quantitative estimate of drug-likeness (QED) is 0.439. The summed E-state index contributed by atoms with van der Waals surface area (Å²) in [6, 6.07) is 0. The van der Waals surface area contributed by atoms with Crippen LogP contribution in [0.4, 0.5) is 0 Å². The Morgan fingerprint density at radius 2 is 2.03 bits per heavy atom. The molecule has 5 fully saturated rings. The number of hydrogen-bond donors (Lipinski definition) is 3. The number of ether oxygens (including phenoxy) is 2. The minimum Gasteiger partial charge on any atom is -0.462 e. The van der Waals surface area contributed by atoms with Gasteiger partial charge in [-0.25, -0.2) is 0 Å². The van der Waals surface area contributed by atoms with Crippen LogP contribution < -0.4 is 0 Å². The fraction of sp³-hybridized carbons (Fsp3) is 0.818. The Balaban J connectivity index is 1.78. The monoisotopic (exact) mass is 406 g/mol. The van der Waals surface area contributed by atoms with Crippen molar-refractivity contribution in [2.75, 3.05) is 6.61 Å².